The molecule has 0 saturated heterocycles. The van der Waals surface area contributed by atoms with Crippen molar-refractivity contribution >= 4 is 28.3 Å². The molecule has 5 nitrogen and oxygen atoms in total. The van der Waals surface area contributed by atoms with Gasteiger partial charge in [0.1, 0.15) is 12.1 Å². The Hall–Kier alpha value is -3.05. The van der Waals surface area contributed by atoms with E-state index < -0.39 is 0 Å². The number of nitrogens with one attached hydrogen (secondary N) is 1. The summed E-state index contributed by atoms with van der Waals surface area (Å²) in [5, 5.41) is 11.0. The summed E-state index contributed by atoms with van der Waals surface area (Å²) in [5.41, 5.74) is 2.40. The van der Waals surface area contributed by atoms with Gasteiger partial charge in [-0.05, 0) is 58.7 Å². The van der Waals surface area contributed by atoms with Crippen LogP contribution in [0.2, 0.25) is 5.02 Å². The fourth-order valence-electron chi connectivity index (χ4n) is 3.89. The second kappa shape index (κ2) is 6.84. The second-order valence-electron chi connectivity index (χ2n) is 7.00. The number of aromatic nitrogens is 3. The molecule has 1 aliphatic heterocycles. The van der Waals surface area contributed by atoms with Crippen LogP contribution in [0.3, 0.4) is 0 Å². The van der Waals surface area contributed by atoms with E-state index in [0.717, 1.165) is 28.5 Å². The van der Waals surface area contributed by atoms with Crippen molar-refractivity contribution in [2.24, 2.45) is 0 Å². The van der Waals surface area contributed by atoms with E-state index >= 15 is 0 Å². The first-order valence-electron chi connectivity index (χ1n) is 9.20. The van der Waals surface area contributed by atoms with Gasteiger partial charge >= 0.3 is 0 Å². The number of halogens is 1. The monoisotopic (exact) mass is 390 g/mol. The third-order valence-corrected chi connectivity index (χ3v) is 5.61. The van der Waals surface area contributed by atoms with E-state index in [9.17, 15) is 0 Å². The summed E-state index contributed by atoms with van der Waals surface area (Å²) in [6.45, 7) is 0. The molecule has 0 spiro atoms. The van der Waals surface area contributed by atoms with Crippen LogP contribution in [-0.2, 0) is 0 Å². The zero-order valence-corrected chi connectivity index (χ0v) is 16.1. The lowest BCUT2D eigenvalue weighted by Gasteiger charge is -2.32. The van der Waals surface area contributed by atoms with Gasteiger partial charge in [0.25, 0.3) is 0 Å². The number of rotatable bonds is 3. The smallest absolute Gasteiger partial charge is 0.222 e. The fourth-order valence-corrected chi connectivity index (χ4v) is 4.01. The van der Waals surface area contributed by atoms with Gasteiger partial charge in [0.2, 0.25) is 5.95 Å². The predicted octanol–water partition coefficient (Wildman–Crippen LogP) is 5.24. The van der Waals surface area contributed by atoms with Crippen molar-refractivity contribution in [1.29, 1.82) is 0 Å². The minimum Gasteiger partial charge on any atom is -0.497 e. The van der Waals surface area contributed by atoms with Crippen LogP contribution in [0.25, 0.3) is 10.8 Å². The number of anilines is 1. The predicted molar refractivity (Wildman–Crippen MR) is 111 cm³/mol. The molecule has 0 aliphatic carbocycles. The van der Waals surface area contributed by atoms with Gasteiger partial charge in [-0.3, -0.25) is 0 Å². The summed E-state index contributed by atoms with van der Waals surface area (Å²) in [6.07, 6.45) is 2.47. The van der Waals surface area contributed by atoms with Gasteiger partial charge < -0.3 is 10.1 Å². The van der Waals surface area contributed by atoms with Crippen molar-refractivity contribution in [2.45, 2.75) is 18.5 Å². The Morgan fingerprint density at radius 3 is 2.57 bits per heavy atom. The molecule has 1 aromatic heterocycles. The van der Waals surface area contributed by atoms with Crippen molar-refractivity contribution in [2.75, 3.05) is 12.4 Å². The first kappa shape index (κ1) is 17.1. The molecule has 4 aromatic rings. The molecule has 3 aromatic carbocycles. The zero-order valence-electron chi connectivity index (χ0n) is 15.3. The van der Waals surface area contributed by atoms with Crippen molar-refractivity contribution in [3.63, 3.8) is 0 Å². The molecule has 2 heterocycles. The number of methoxy groups -OCH3 is 1. The minimum absolute atomic E-state index is 0.104. The highest BCUT2D eigenvalue weighted by molar-refractivity contribution is 6.30. The van der Waals surface area contributed by atoms with Crippen LogP contribution in [0, 0.1) is 0 Å². The molecule has 0 amide bonds. The quantitative estimate of drug-likeness (QED) is 0.519. The van der Waals surface area contributed by atoms with Crippen LogP contribution in [0.15, 0.2) is 67.0 Å². The SMILES string of the molecule is COc1ccc2cc([C@H]3C[C@H](c4ccc(Cl)cc4)n4ncnc4N3)ccc2c1. The van der Waals surface area contributed by atoms with Crippen LogP contribution in [0.1, 0.15) is 29.6 Å². The average molecular weight is 391 g/mol. The van der Waals surface area contributed by atoms with Gasteiger partial charge in [-0.25, -0.2) is 4.68 Å². The van der Waals surface area contributed by atoms with Crippen LogP contribution < -0.4 is 10.1 Å². The second-order valence-corrected chi connectivity index (χ2v) is 7.44. The third kappa shape index (κ3) is 2.98. The van der Waals surface area contributed by atoms with Crippen LogP contribution in [0.5, 0.6) is 5.75 Å². The Morgan fingerprint density at radius 2 is 1.75 bits per heavy atom. The van der Waals surface area contributed by atoms with E-state index in [1.54, 1.807) is 13.4 Å². The maximum atomic E-state index is 6.08. The first-order chi connectivity index (χ1) is 13.7. The van der Waals surface area contributed by atoms with Crippen molar-refractivity contribution in [3.05, 3.63) is 83.1 Å². The molecule has 1 aliphatic rings. The van der Waals surface area contributed by atoms with Crippen molar-refractivity contribution in [1.82, 2.24) is 14.8 Å². The van der Waals surface area contributed by atoms with Gasteiger partial charge in [-0.15, -0.1) is 0 Å². The standard InChI is InChI=1S/C22H19ClN4O/c1-28-19-9-6-15-10-17(3-2-16(15)11-19)20-12-21(14-4-7-18(23)8-5-14)27-22(26-20)24-13-25-27/h2-11,13,20-21H,12H2,1H3,(H,24,25,26)/t20-,21-/m1/s1. The summed E-state index contributed by atoms with van der Waals surface area (Å²) in [4.78, 5) is 4.41. The van der Waals surface area contributed by atoms with Crippen LogP contribution >= 0.6 is 11.6 Å². The lowest BCUT2D eigenvalue weighted by atomic mass is 9.92. The van der Waals surface area contributed by atoms with E-state index in [1.807, 2.05) is 22.9 Å². The Bertz CT molecular complexity index is 1140. The molecular weight excluding hydrogens is 372 g/mol. The highest BCUT2D eigenvalue weighted by atomic mass is 35.5. The molecule has 28 heavy (non-hydrogen) atoms. The maximum Gasteiger partial charge on any atom is 0.222 e. The summed E-state index contributed by atoms with van der Waals surface area (Å²) in [7, 11) is 1.69. The van der Waals surface area contributed by atoms with Crippen LogP contribution in [-0.4, -0.2) is 21.9 Å². The molecular formula is C22H19ClN4O. The van der Waals surface area contributed by atoms with Crippen molar-refractivity contribution < 1.29 is 4.74 Å². The molecule has 0 fully saturated rings. The van der Waals surface area contributed by atoms with Gasteiger partial charge in [0, 0.05) is 5.02 Å². The van der Waals surface area contributed by atoms with Gasteiger partial charge in [0.15, 0.2) is 0 Å². The highest BCUT2D eigenvalue weighted by Crippen LogP contribution is 2.38. The van der Waals surface area contributed by atoms with E-state index in [2.05, 4.69) is 57.9 Å². The molecule has 140 valence electrons. The number of benzene rings is 3. The molecule has 6 heteroatoms. The average Bonchev–Trinajstić information content (AvgIpc) is 3.21. The Kier molecular flexibility index (Phi) is 4.17. The Labute approximate surface area is 167 Å². The highest BCUT2D eigenvalue weighted by Gasteiger charge is 2.30. The Balaban J connectivity index is 1.52. The lowest BCUT2D eigenvalue weighted by molar-refractivity contribution is 0.415. The molecule has 2 atom stereocenters. The molecule has 1 N–H and O–H groups in total. The number of fused-ring (bicyclic) bond motifs is 2. The minimum atomic E-state index is 0.104. The number of ether oxygens (including phenoxy) is 1. The normalized spacial score (nSPS) is 18.5. The summed E-state index contributed by atoms with van der Waals surface area (Å²) < 4.78 is 7.28. The number of nitrogens with zero attached hydrogens (tertiary/aromatic N) is 3. The summed E-state index contributed by atoms with van der Waals surface area (Å²) in [6, 6.07) is 20.9. The van der Waals surface area contributed by atoms with Gasteiger partial charge in [-0.1, -0.05) is 41.9 Å². The molecule has 0 unspecified atom stereocenters. The maximum absolute atomic E-state index is 6.08. The zero-order chi connectivity index (χ0) is 19.1. The molecule has 5 rings (SSSR count). The van der Waals surface area contributed by atoms with E-state index in [1.165, 1.54) is 16.5 Å². The van der Waals surface area contributed by atoms with E-state index in [0.29, 0.717) is 0 Å². The molecule has 0 saturated carbocycles. The topological polar surface area (TPSA) is 52.0 Å². The third-order valence-electron chi connectivity index (χ3n) is 5.36. The molecule has 0 bridgehead atoms. The largest absolute Gasteiger partial charge is 0.497 e. The van der Waals surface area contributed by atoms with E-state index in [-0.39, 0.29) is 12.1 Å². The summed E-state index contributed by atoms with van der Waals surface area (Å²) >= 11 is 6.08. The lowest BCUT2D eigenvalue weighted by Crippen LogP contribution is -2.28. The van der Waals surface area contributed by atoms with E-state index in [4.69, 9.17) is 16.3 Å². The number of hydrogen-bond acceptors (Lipinski definition) is 4. The fraction of sp³-hybridized carbons (Fsp3) is 0.182. The van der Waals surface area contributed by atoms with Gasteiger partial charge in [-0.2, -0.15) is 10.1 Å². The van der Waals surface area contributed by atoms with Crippen molar-refractivity contribution in [3.8, 4) is 5.75 Å². The first-order valence-corrected chi connectivity index (χ1v) is 9.58. The number of hydrogen-bond donors (Lipinski definition) is 1. The Morgan fingerprint density at radius 1 is 1.00 bits per heavy atom. The summed E-state index contributed by atoms with van der Waals surface area (Å²) in [5.74, 6) is 1.65. The van der Waals surface area contributed by atoms with Crippen LogP contribution in [0.4, 0.5) is 5.95 Å². The molecule has 0 radical (unpaired) electrons. The van der Waals surface area contributed by atoms with Gasteiger partial charge in [0.05, 0.1) is 19.2 Å².